The Labute approximate surface area is 135 Å². The van der Waals surface area contributed by atoms with E-state index in [-0.39, 0.29) is 0 Å². The molecule has 0 saturated heterocycles. The summed E-state index contributed by atoms with van der Waals surface area (Å²) in [6.45, 7) is 4.19. The number of hydrogen-bond donors (Lipinski definition) is 1. The molecule has 0 unspecified atom stereocenters. The Morgan fingerprint density at radius 2 is 1.17 bits per heavy atom. The highest BCUT2D eigenvalue weighted by molar-refractivity contribution is 6.05. The van der Waals surface area contributed by atoms with Gasteiger partial charge in [-0.2, -0.15) is 0 Å². The maximum atomic E-state index is 4.21. The summed E-state index contributed by atoms with van der Waals surface area (Å²) in [7, 11) is 0. The fourth-order valence-corrected chi connectivity index (χ4v) is 3.11. The zero-order valence-electron chi connectivity index (χ0n) is 13.2. The number of fused-ring (bicyclic) bond motifs is 1. The Bertz CT molecular complexity index is 919. The van der Waals surface area contributed by atoms with Crippen LogP contribution in [-0.2, 0) is 0 Å². The molecule has 0 aliphatic heterocycles. The van der Waals surface area contributed by atoms with Crippen molar-refractivity contribution >= 4 is 10.8 Å². The fraction of sp³-hybridized carbons (Fsp3) is 0.100. The number of H-pyrrole nitrogens is 1. The number of aromatic nitrogens is 3. The van der Waals surface area contributed by atoms with E-state index in [1.807, 2.05) is 24.8 Å². The van der Waals surface area contributed by atoms with Gasteiger partial charge in [-0.05, 0) is 37.1 Å². The molecular weight excluding hydrogens is 282 g/mol. The molecule has 0 spiro atoms. The van der Waals surface area contributed by atoms with Gasteiger partial charge in [-0.3, -0.25) is 9.97 Å². The van der Waals surface area contributed by atoms with Crippen LogP contribution in [0, 0.1) is 13.8 Å². The molecule has 3 aromatic heterocycles. The van der Waals surface area contributed by atoms with Gasteiger partial charge in [0.1, 0.15) is 0 Å². The minimum absolute atomic E-state index is 1.15. The van der Waals surface area contributed by atoms with Gasteiger partial charge in [0.2, 0.25) is 0 Å². The zero-order chi connectivity index (χ0) is 15.8. The highest BCUT2D eigenvalue weighted by Crippen LogP contribution is 2.37. The van der Waals surface area contributed by atoms with Gasteiger partial charge in [-0.1, -0.05) is 24.3 Å². The normalized spacial score (nSPS) is 11.0. The molecule has 3 heterocycles. The lowest BCUT2D eigenvalue weighted by atomic mass is 10.0. The lowest BCUT2D eigenvalue weighted by molar-refractivity contribution is 1.24. The highest BCUT2D eigenvalue weighted by Gasteiger charge is 2.15. The molecule has 23 heavy (non-hydrogen) atoms. The van der Waals surface area contributed by atoms with Crippen LogP contribution in [0.2, 0.25) is 0 Å². The first kappa shape index (κ1) is 13.7. The molecule has 0 aliphatic carbocycles. The molecule has 1 N–H and O–H groups in total. The van der Waals surface area contributed by atoms with Crippen LogP contribution in [0.25, 0.3) is 33.3 Å². The van der Waals surface area contributed by atoms with Gasteiger partial charge in [-0.25, -0.2) is 0 Å². The standard InChI is InChI=1S/C20H17N3/c1-13-11-21-9-7-15(13)19-17-5-3-4-6-18(17)20(23-19)16-8-10-22-12-14(16)2/h3-12,23H,1-2H3. The van der Waals surface area contributed by atoms with Crippen LogP contribution >= 0.6 is 0 Å². The molecule has 0 fully saturated rings. The van der Waals surface area contributed by atoms with Gasteiger partial charge in [0.15, 0.2) is 0 Å². The van der Waals surface area contributed by atoms with Crippen molar-refractivity contribution < 1.29 is 0 Å². The third-order valence-corrected chi connectivity index (χ3v) is 4.30. The first-order chi connectivity index (χ1) is 11.3. The lowest BCUT2D eigenvalue weighted by Crippen LogP contribution is -1.87. The van der Waals surface area contributed by atoms with Crippen molar-refractivity contribution in [3.63, 3.8) is 0 Å². The van der Waals surface area contributed by atoms with Gasteiger partial charge in [-0.15, -0.1) is 0 Å². The summed E-state index contributed by atoms with van der Waals surface area (Å²) in [5.74, 6) is 0. The minimum atomic E-state index is 1.15. The van der Waals surface area contributed by atoms with E-state index in [2.05, 4.69) is 65.2 Å². The molecule has 4 rings (SSSR count). The second-order valence-corrected chi connectivity index (χ2v) is 5.80. The van der Waals surface area contributed by atoms with Crippen molar-refractivity contribution in [2.45, 2.75) is 13.8 Å². The Hall–Kier alpha value is -2.94. The Kier molecular flexibility index (Phi) is 3.19. The molecule has 0 amide bonds. The second kappa shape index (κ2) is 5.36. The second-order valence-electron chi connectivity index (χ2n) is 5.80. The number of rotatable bonds is 2. The maximum absolute atomic E-state index is 4.21. The highest BCUT2D eigenvalue weighted by atomic mass is 14.7. The van der Waals surface area contributed by atoms with E-state index in [0.29, 0.717) is 0 Å². The molecule has 112 valence electrons. The van der Waals surface area contributed by atoms with Crippen molar-refractivity contribution in [2.24, 2.45) is 0 Å². The van der Waals surface area contributed by atoms with Gasteiger partial charge in [0, 0.05) is 46.7 Å². The van der Waals surface area contributed by atoms with E-state index in [4.69, 9.17) is 0 Å². The summed E-state index contributed by atoms with van der Waals surface area (Å²) in [6, 6.07) is 12.6. The zero-order valence-corrected chi connectivity index (χ0v) is 13.2. The van der Waals surface area contributed by atoms with Crippen molar-refractivity contribution in [2.75, 3.05) is 0 Å². The van der Waals surface area contributed by atoms with Crippen LogP contribution in [0.1, 0.15) is 11.1 Å². The van der Waals surface area contributed by atoms with E-state index in [1.165, 1.54) is 21.9 Å². The maximum Gasteiger partial charge on any atom is 0.0542 e. The number of hydrogen-bond acceptors (Lipinski definition) is 2. The van der Waals surface area contributed by atoms with Gasteiger partial charge >= 0.3 is 0 Å². The lowest BCUT2D eigenvalue weighted by Gasteiger charge is -2.04. The number of nitrogens with one attached hydrogen (secondary N) is 1. The minimum Gasteiger partial charge on any atom is -0.354 e. The predicted octanol–water partition coefficient (Wildman–Crippen LogP) is 4.91. The average Bonchev–Trinajstić information content (AvgIpc) is 2.95. The van der Waals surface area contributed by atoms with Crippen LogP contribution in [0.15, 0.2) is 61.2 Å². The molecule has 4 aromatic rings. The number of pyridine rings is 2. The van der Waals surface area contributed by atoms with Gasteiger partial charge < -0.3 is 4.98 Å². The molecule has 0 radical (unpaired) electrons. The molecule has 0 saturated carbocycles. The third kappa shape index (κ3) is 2.21. The van der Waals surface area contributed by atoms with E-state index < -0.39 is 0 Å². The van der Waals surface area contributed by atoms with E-state index in [0.717, 1.165) is 22.5 Å². The van der Waals surface area contributed by atoms with Crippen LogP contribution in [0.5, 0.6) is 0 Å². The number of nitrogens with zero attached hydrogens (tertiary/aromatic N) is 2. The first-order valence-electron chi connectivity index (χ1n) is 7.68. The average molecular weight is 299 g/mol. The van der Waals surface area contributed by atoms with Gasteiger partial charge in [0.05, 0.1) is 11.4 Å². The Morgan fingerprint density at radius 1 is 0.696 bits per heavy atom. The van der Waals surface area contributed by atoms with E-state index >= 15 is 0 Å². The van der Waals surface area contributed by atoms with Crippen molar-refractivity contribution in [1.29, 1.82) is 0 Å². The molecular formula is C20H17N3. The molecule has 1 aromatic carbocycles. The number of aryl methyl sites for hydroxylation is 2. The van der Waals surface area contributed by atoms with Crippen LogP contribution in [0.3, 0.4) is 0 Å². The van der Waals surface area contributed by atoms with E-state index in [9.17, 15) is 0 Å². The summed E-state index contributed by atoms with van der Waals surface area (Å²) < 4.78 is 0. The summed E-state index contributed by atoms with van der Waals surface area (Å²) in [4.78, 5) is 12.1. The summed E-state index contributed by atoms with van der Waals surface area (Å²) >= 11 is 0. The van der Waals surface area contributed by atoms with Crippen molar-refractivity contribution in [3.05, 3.63) is 72.3 Å². The largest absolute Gasteiger partial charge is 0.354 e. The molecule has 0 atom stereocenters. The molecule has 0 bridgehead atoms. The van der Waals surface area contributed by atoms with Crippen LogP contribution in [-0.4, -0.2) is 15.0 Å². The summed E-state index contributed by atoms with van der Waals surface area (Å²) in [6.07, 6.45) is 7.50. The Balaban J connectivity index is 2.06. The van der Waals surface area contributed by atoms with Crippen molar-refractivity contribution in [1.82, 2.24) is 15.0 Å². The summed E-state index contributed by atoms with van der Waals surface area (Å²) in [5.41, 5.74) is 7.00. The van der Waals surface area contributed by atoms with Crippen LogP contribution in [0.4, 0.5) is 0 Å². The SMILES string of the molecule is Cc1cnccc1-c1[nH]c(-c2ccncc2C)c2ccccc12. The van der Waals surface area contributed by atoms with Gasteiger partial charge in [0.25, 0.3) is 0 Å². The summed E-state index contributed by atoms with van der Waals surface area (Å²) in [5, 5.41) is 2.46. The molecule has 3 heteroatoms. The first-order valence-corrected chi connectivity index (χ1v) is 7.68. The monoisotopic (exact) mass is 299 g/mol. The quantitative estimate of drug-likeness (QED) is 0.571. The third-order valence-electron chi connectivity index (χ3n) is 4.30. The van der Waals surface area contributed by atoms with E-state index in [1.54, 1.807) is 0 Å². The predicted molar refractivity (Wildman–Crippen MR) is 94.2 cm³/mol. The Morgan fingerprint density at radius 3 is 1.61 bits per heavy atom. The van der Waals surface area contributed by atoms with Crippen LogP contribution < -0.4 is 0 Å². The fourth-order valence-electron chi connectivity index (χ4n) is 3.11. The van der Waals surface area contributed by atoms with Crippen molar-refractivity contribution in [3.8, 4) is 22.5 Å². The number of benzene rings is 1. The molecule has 3 nitrogen and oxygen atoms in total. The number of aromatic amines is 1. The topological polar surface area (TPSA) is 41.6 Å². The smallest absolute Gasteiger partial charge is 0.0542 e. The molecule has 0 aliphatic rings.